The fourth-order valence-electron chi connectivity index (χ4n) is 2.42. The number of carbonyl (C=O) groups excluding carboxylic acids is 2. The summed E-state index contributed by atoms with van der Waals surface area (Å²) < 4.78 is 5.29. The number of aliphatic hydroxyl groups is 1. The van der Waals surface area contributed by atoms with Crippen molar-refractivity contribution in [2.75, 3.05) is 25.0 Å². The standard InChI is InChI=1S/C14H16N2O4/c1-2-14(19)7-16(8-14)13(18)9-3-4-10-11(5-9)20-6-12(17)15-10/h3-5,19H,2,6-8H2,1H3,(H,15,17). The predicted octanol–water partition coefficient (Wildman–Crippen LogP) is 0.614. The number of fused-ring (bicyclic) bond motifs is 1. The lowest BCUT2D eigenvalue weighted by Crippen LogP contribution is -2.63. The largest absolute Gasteiger partial charge is 0.482 e. The first-order chi connectivity index (χ1) is 9.50. The smallest absolute Gasteiger partial charge is 0.262 e. The Bertz CT molecular complexity index is 579. The molecule has 3 rings (SSSR count). The summed E-state index contributed by atoms with van der Waals surface area (Å²) in [6, 6.07) is 4.94. The molecule has 0 saturated carbocycles. The lowest BCUT2D eigenvalue weighted by molar-refractivity contribution is -0.118. The van der Waals surface area contributed by atoms with Gasteiger partial charge in [0.15, 0.2) is 6.61 Å². The predicted molar refractivity (Wildman–Crippen MR) is 71.7 cm³/mol. The number of amides is 2. The van der Waals surface area contributed by atoms with E-state index >= 15 is 0 Å². The SMILES string of the molecule is CCC1(O)CN(C(=O)c2ccc3c(c2)OCC(=O)N3)C1. The number of ether oxygens (including phenoxy) is 1. The highest BCUT2D eigenvalue weighted by Crippen LogP contribution is 2.31. The zero-order valence-electron chi connectivity index (χ0n) is 11.2. The monoisotopic (exact) mass is 276 g/mol. The van der Waals surface area contributed by atoms with E-state index in [2.05, 4.69) is 5.32 Å². The van der Waals surface area contributed by atoms with Crippen LogP contribution in [0.25, 0.3) is 0 Å². The molecule has 0 atom stereocenters. The van der Waals surface area contributed by atoms with E-state index in [1.807, 2.05) is 6.92 Å². The van der Waals surface area contributed by atoms with E-state index in [9.17, 15) is 14.7 Å². The number of anilines is 1. The van der Waals surface area contributed by atoms with Crippen molar-refractivity contribution in [2.45, 2.75) is 18.9 Å². The van der Waals surface area contributed by atoms with E-state index in [-0.39, 0.29) is 18.4 Å². The van der Waals surface area contributed by atoms with Crippen molar-refractivity contribution in [3.8, 4) is 5.75 Å². The van der Waals surface area contributed by atoms with Crippen LogP contribution in [0.5, 0.6) is 5.75 Å². The lowest BCUT2D eigenvalue weighted by Gasteiger charge is -2.46. The minimum atomic E-state index is -0.742. The van der Waals surface area contributed by atoms with Crippen LogP contribution in [0.2, 0.25) is 0 Å². The summed E-state index contributed by atoms with van der Waals surface area (Å²) in [6.07, 6.45) is 0.635. The number of β-amino-alcohol motifs (C(OH)–C–C–N with tert-alkyl or cyclic N) is 1. The van der Waals surface area contributed by atoms with Crippen molar-refractivity contribution < 1.29 is 19.4 Å². The van der Waals surface area contributed by atoms with Crippen molar-refractivity contribution in [3.05, 3.63) is 23.8 Å². The molecule has 1 fully saturated rings. The summed E-state index contributed by atoms with van der Waals surface area (Å²) in [5, 5.41) is 12.6. The molecule has 1 aromatic rings. The number of hydrogen-bond donors (Lipinski definition) is 2. The van der Waals surface area contributed by atoms with Crippen LogP contribution < -0.4 is 10.1 Å². The molecule has 2 N–H and O–H groups in total. The van der Waals surface area contributed by atoms with E-state index < -0.39 is 5.60 Å². The number of rotatable bonds is 2. The highest BCUT2D eigenvalue weighted by molar-refractivity contribution is 5.99. The van der Waals surface area contributed by atoms with Gasteiger partial charge < -0.3 is 20.1 Å². The van der Waals surface area contributed by atoms with Gasteiger partial charge in [0.25, 0.3) is 11.8 Å². The molecule has 20 heavy (non-hydrogen) atoms. The molecule has 0 unspecified atom stereocenters. The molecular formula is C14H16N2O4. The second kappa shape index (κ2) is 4.49. The average Bonchev–Trinajstić information content (AvgIpc) is 2.42. The highest BCUT2D eigenvalue weighted by Gasteiger charge is 2.42. The zero-order valence-corrected chi connectivity index (χ0v) is 11.2. The van der Waals surface area contributed by atoms with Gasteiger partial charge in [-0.2, -0.15) is 0 Å². The first-order valence-electron chi connectivity index (χ1n) is 6.59. The van der Waals surface area contributed by atoms with E-state index in [1.165, 1.54) is 0 Å². The minimum Gasteiger partial charge on any atom is -0.482 e. The van der Waals surface area contributed by atoms with Crippen molar-refractivity contribution >= 4 is 17.5 Å². The third-order valence-corrected chi connectivity index (χ3v) is 3.78. The zero-order chi connectivity index (χ0) is 14.3. The molecule has 2 aliphatic heterocycles. The number of nitrogens with zero attached hydrogens (tertiary/aromatic N) is 1. The Labute approximate surface area is 116 Å². The Hall–Kier alpha value is -2.08. The first-order valence-corrected chi connectivity index (χ1v) is 6.59. The van der Waals surface area contributed by atoms with Gasteiger partial charge in [-0.1, -0.05) is 6.92 Å². The summed E-state index contributed by atoms with van der Waals surface area (Å²) in [6.45, 7) is 2.58. The molecule has 2 heterocycles. The number of hydrogen-bond acceptors (Lipinski definition) is 4. The molecule has 0 aliphatic carbocycles. The Balaban J connectivity index is 1.75. The summed E-state index contributed by atoms with van der Waals surface area (Å²) in [5.74, 6) is 0.167. The van der Waals surface area contributed by atoms with Crippen LogP contribution in [-0.2, 0) is 4.79 Å². The number of carbonyl (C=O) groups is 2. The van der Waals surface area contributed by atoms with Crippen LogP contribution in [0.4, 0.5) is 5.69 Å². The summed E-state index contributed by atoms with van der Waals surface area (Å²) >= 11 is 0. The molecule has 106 valence electrons. The molecule has 6 nitrogen and oxygen atoms in total. The Kier molecular flexibility index (Phi) is 2.90. The maximum absolute atomic E-state index is 12.3. The van der Waals surface area contributed by atoms with Gasteiger partial charge in [0.1, 0.15) is 5.75 Å². The number of benzene rings is 1. The maximum Gasteiger partial charge on any atom is 0.262 e. The van der Waals surface area contributed by atoms with E-state index in [0.717, 1.165) is 0 Å². The van der Waals surface area contributed by atoms with Gasteiger partial charge in [-0.3, -0.25) is 9.59 Å². The third kappa shape index (κ3) is 2.12. The molecule has 0 bridgehead atoms. The quantitative estimate of drug-likeness (QED) is 0.829. The first kappa shape index (κ1) is 12.9. The normalized spacial score (nSPS) is 19.5. The molecule has 2 amide bonds. The Morgan fingerprint density at radius 2 is 2.25 bits per heavy atom. The molecule has 1 aromatic carbocycles. The van der Waals surface area contributed by atoms with E-state index in [4.69, 9.17) is 4.74 Å². The van der Waals surface area contributed by atoms with E-state index in [1.54, 1.807) is 23.1 Å². The third-order valence-electron chi connectivity index (χ3n) is 3.78. The maximum atomic E-state index is 12.3. The van der Waals surface area contributed by atoms with Gasteiger partial charge in [-0.15, -0.1) is 0 Å². The fraction of sp³-hybridized carbons (Fsp3) is 0.429. The topological polar surface area (TPSA) is 78.9 Å². The van der Waals surface area contributed by atoms with Crippen LogP contribution in [0, 0.1) is 0 Å². The molecule has 1 saturated heterocycles. The number of likely N-dealkylation sites (tertiary alicyclic amines) is 1. The van der Waals surface area contributed by atoms with Crippen molar-refractivity contribution in [1.82, 2.24) is 4.90 Å². The Morgan fingerprint density at radius 1 is 1.50 bits per heavy atom. The summed E-state index contributed by atoms with van der Waals surface area (Å²) in [7, 11) is 0. The molecule has 2 aliphatic rings. The van der Waals surface area contributed by atoms with Gasteiger partial charge in [-0.05, 0) is 24.6 Å². The van der Waals surface area contributed by atoms with Crippen molar-refractivity contribution in [1.29, 1.82) is 0 Å². The molecule has 0 radical (unpaired) electrons. The van der Waals surface area contributed by atoms with Gasteiger partial charge in [0.05, 0.1) is 24.4 Å². The molecule has 0 spiro atoms. The van der Waals surface area contributed by atoms with Crippen LogP contribution in [0.15, 0.2) is 18.2 Å². The second-order valence-corrected chi connectivity index (χ2v) is 5.29. The average molecular weight is 276 g/mol. The van der Waals surface area contributed by atoms with Gasteiger partial charge in [0, 0.05) is 5.56 Å². The van der Waals surface area contributed by atoms with Crippen LogP contribution >= 0.6 is 0 Å². The minimum absolute atomic E-state index is 0.0378. The van der Waals surface area contributed by atoms with Gasteiger partial charge >= 0.3 is 0 Å². The van der Waals surface area contributed by atoms with Crippen LogP contribution in [0.3, 0.4) is 0 Å². The van der Waals surface area contributed by atoms with Gasteiger partial charge in [-0.25, -0.2) is 0 Å². The fourth-order valence-corrected chi connectivity index (χ4v) is 2.42. The Morgan fingerprint density at radius 3 is 2.95 bits per heavy atom. The van der Waals surface area contributed by atoms with Crippen LogP contribution in [-0.4, -0.2) is 47.1 Å². The van der Waals surface area contributed by atoms with E-state index in [0.29, 0.717) is 36.5 Å². The van der Waals surface area contributed by atoms with Crippen molar-refractivity contribution in [3.63, 3.8) is 0 Å². The highest BCUT2D eigenvalue weighted by atomic mass is 16.5. The van der Waals surface area contributed by atoms with Crippen LogP contribution in [0.1, 0.15) is 23.7 Å². The molecule has 0 aromatic heterocycles. The molecular weight excluding hydrogens is 260 g/mol. The molecule has 6 heteroatoms. The van der Waals surface area contributed by atoms with Gasteiger partial charge in [0.2, 0.25) is 0 Å². The number of nitrogens with one attached hydrogen (secondary N) is 1. The summed E-state index contributed by atoms with van der Waals surface area (Å²) in [4.78, 5) is 25.0. The summed E-state index contributed by atoms with van der Waals surface area (Å²) in [5.41, 5.74) is 0.332. The van der Waals surface area contributed by atoms with Crippen molar-refractivity contribution in [2.24, 2.45) is 0 Å². The lowest BCUT2D eigenvalue weighted by atomic mass is 9.90. The second-order valence-electron chi connectivity index (χ2n) is 5.29.